The molecule has 0 unspecified atom stereocenters. The molecule has 4 nitrogen and oxygen atoms in total. The summed E-state index contributed by atoms with van der Waals surface area (Å²) < 4.78 is 0. The first-order valence-corrected chi connectivity index (χ1v) is 8.01. The number of anilines is 1. The lowest BCUT2D eigenvalue weighted by molar-refractivity contribution is 0.153. The number of benzene rings is 1. The second-order valence-corrected chi connectivity index (χ2v) is 6.06. The zero-order chi connectivity index (χ0) is 15.1. The molecule has 1 aromatic carbocycles. The first-order chi connectivity index (χ1) is 10.2. The molecule has 1 heterocycles. The van der Waals surface area contributed by atoms with Crippen molar-refractivity contribution in [2.24, 2.45) is 0 Å². The van der Waals surface area contributed by atoms with Crippen LogP contribution in [0.15, 0.2) is 24.3 Å². The van der Waals surface area contributed by atoms with Gasteiger partial charge in [0.2, 0.25) is 0 Å². The summed E-state index contributed by atoms with van der Waals surface area (Å²) in [5.74, 6) is 0. The Morgan fingerprint density at radius 2 is 1.76 bits per heavy atom. The molecule has 1 aliphatic rings. The fourth-order valence-electron chi connectivity index (χ4n) is 2.77. The highest BCUT2D eigenvalue weighted by atomic mass is 16.3. The second-order valence-electron chi connectivity index (χ2n) is 6.06. The third kappa shape index (κ3) is 5.30. The summed E-state index contributed by atoms with van der Waals surface area (Å²) in [7, 11) is 4.21. The average molecular weight is 291 g/mol. The summed E-state index contributed by atoms with van der Waals surface area (Å²) in [5, 5.41) is 8.96. The molecular weight excluding hydrogens is 262 g/mol. The van der Waals surface area contributed by atoms with Crippen molar-refractivity contribution in [3.63, 3.8) is 0 Å². The van der Waals surface area contributed by atoms with Crippen LogP contribution in [0.4, 0.5) is 5.69 Å². The smallest absolute Gasteiger partial charge is 0.0606 e. The molecule has 0 atom stereocenters. The van der Waals surface area contributed by atoms with Gasteiger partial charge in [0, 0.05) is 45.5 Å². The number of likely N-dealkylation sites (N-methyl/N-ethyl adjacent to an activating group) is 2. The van der Waals surface area contributed by atoms with Gasteiger partial charge in [-0.05, 0) is 44.1 Å². The fraction of sp³-hybridized carbons (Fsp3) is 0.647. The van der Waals surface area contributed by atoms with Gasteiger partial charge in [-0.15, -0.1) is 0 Å². The van der Waals surface area contributed by atoms with Gasteiger partial charge in [0.25, 0.3) is 0 Å². The molecule has 2 rings (SSSR count). The van der Waals surface area contributed by atoms with Crippen LogP contribution in [0.3, 0.4) is 0 Å². The van der Waals surface area contributed by atoms with Crippen LogP contribution >= 0.6 is 0 Å². The van der Waals surface area contributed by atoms with Crippen molar-refractivity contribution in [3.05, 3.63) is 29.8 Å². The van der Waals surface area contributed by atoms with Crippen molar-refractivity contribution < 1.29 is 5.11 Å². The van der Waals surface area contributed by atoms with Crippen LogP contribution in [-0.4, -0.2) is 74.9 Å². The van der Waals surface area contributed by atoms with Gasteiger partial charge >= 0.3 is 0 Å². The van der Waals surface area contributed by atoms with Crippen molar-refractivity contribution in [2.45, 2.75) is 12.8 Å². The van der Waals surface area contributed by atoms with E-state index in [2.05, 4.69) is 46.0 Å². The lowest BCUT2D eigenvalue weighted by Crippen LogP contribution is -2.44. The number of hydrogen-bond acceptors (Lipinski definition) is 4. The molecule has 1 fully saturated rings. The number of aliphatic hydroxyl groups is 1. The predicted octanol–water partition coefficient (Wildman–Crippen LogP) is 1.30. The number of piperazine rings is 1. The monoisotopic (exact) mass is 291 g/mol. The largest absolute Gasteiger partial charge is 0.395 e. The minimum absolute atomic E-state index is 0.198. The normalized spacial score (nSPS) is 17.1. The van der Waals surface area contributed by atoms with Gasteiger partial charge in [-0.2, -0.15) is 0 Å². The van der Waals surface area contributed by atoms with Gasteiger partial charge in [-0.1, -0.05) is 12.1 Å². The number of aliphatic hydroxyl groups excluding tert-OH is 1. The highest BCUT2D eigenvalue weighted by molar-refractivity contribution is 5.46. The highest BCUT2D eigenvalue weighted by Gasteiger charge is 2.12. The van der Waals surface area contributed by atoms with Gasteiger partial charge in [0.1, 0.15) is 0 Å². The summed E-state index contributed by atoms with van der Waals surface area (Å²) in [6.07, 6.45) is 2.38. The molecule has 0 spiro atoms. The third-order valence-corrected chi connectivity index (χ3v) is 4.35. The third-order valence-electron chi connectivity index (χ3n) is 4.35. The molecule has 0 radical (unpaired) electrons. The van der Waals surface area contributed by atoms with Crippen LogP contribution in [-0.2, 0) is 6.42 Å². The van der Waals surface area contributed by atoms with Gasteiger partial charge in [0.05, 0.1) is 6.61 Å². The van der Waals surface area contributed by atoms with E-state index >= 15 is 0 Å². The summed E-state index contributed by atoms with van der Waals surface area (Å²) in [6.45, 7) is 6.91. The molecule has 21 heavy (non-hydrogen) atoms. The first-order valence-electron chi connectivity index (χ1n) is 8.01. The average Bonchev–Trinajstić information content (AvgIpc) is 2.50. The van der Waals surface area contributed by atoms with Gasteiger partial charge < -0.3 is 19.8 Å². The molecule has 4 heteroatoms. The Morgan fingerprint density at radius 3 is 2.38 bits per heavy atom. The van der Waals surface area contributed by atoms with E-state index in [9.17, 15) is 0 Å². The van der Waals surface area contributed by atoms with Crippen LogP contribution in [0.5, 0.6) is 0 Å². The molecule has 0 aliphatic carbocycles. The maximum atomic E-state index is 8.96. The molecule has 1 N–H and O–H groups in total. The molecule has 118 valence electrons. The van der Waals surface area contributed by atoms with E-state index in [1.165, 1.54) is 50.4 Å². The molecule has 1 aliphatic heterocycles. The SMILES string of the molecule is CN1CCN(CCCc2ccc(N(C)CCO)cc2)CC1. The second kappa shape index (κ2) is 8.37. The maximum Gasteiger partial charge on any atom is 0.0606 e. The van der Waals surface area contributed by atoms with Gasteiger partial charge in [-0.25, -0.2) is 0 Å². The van der Waals surface area contributed by atoms with Crippen molar-refractivity contribution >= 4 is 5.69 Å². The lowest BCUT2D eigenvalue weighted by Gasteiger charge is -2.32. The number of nitrogens with zero attached hydrogens (tertiary/aromatic N) is 3. The van der Waals surface area contributed by atoms with E-state index in [1.807, 2.05) is 7.05 Å². The van der Waals surface area contributed by atoms with Crippen LogP contribution < -0.4 is 4.90 Å². The molecule has 1 aromatic rings. The molecule has 0 aromatic heterocycles. The molecule has 0 saturated carbocycles. The zero-order valence-electron chi connectivity index (χ0n) is 13.5. The minimum Gasteiger partial charge on any atom is -0.395 e. The summed E-state index contributed by atoms with van der Waals surface area (Å²) >= 11 is 0. The quantitative estimate of drug-likeness (QED) is 0.820. The van der Waals surface area contributed by atoms with Crippen LogP contribution in [0.25, 0.3) is 0 Å². The minimum atomic E-state index is 0.198. The lowest BCUT2D eigenvalue weighted by atomic mass is 10.1. The van der Waals surface area contributed by atoms with Crippen LogP contribution in [0.2, 0.25) is 0 Å². The van der Waals surface area contributed by atoms with Gasteiger partial charge in [0.15, 0.2) is 0 Å². The van der Waals surface area contributed by atoms with Crippen molar-refractivity contribution in [1.82, 2.24) is 9.80 Å². The fourth-order valence-corrected chi connectivity index (χ4v) is 2.77. The molecule has 1 saturated heterocycles. The number of aryl methyl sites for hydroxylation is 1. The van der Waals surface area contributed by atoms with Crippen molar-refractivity contribution in [1.29, 1.82) is 0 Å². The van der Waals surface area contributed by atoms with E-state index in [0.29, 0.717) is 6.54 Å². The topological polar surface area (TPSA) is 30.0 Å². The highest BCUT2D eigenvalue weighted by Crippen LogP contribution is 2.14. The Bertz CT molecular complexity index is 399. The summed E-state index contributed by atoms with van der Waals surface area (Å²) in [6, 6.07) is 8.74. The predicted molar refractivity (Wildman–Crippen MR) is 89.1 cm³/mol. The maximum absolute atomic E-state index is 8.96. The Morgan fingerprint density at radius 1 is 1.10 bits per heavy atom. The number of rotatable bonds is 7. The Hall–Kier alpha value is -1.10. The van der Waals surface area contributed by atoms with E-state index in [0.717, 1.165) is 6.42 Å². The van der Waals surface area contributed by atoms with E-state index < -0.39 is 0 Å². The van der Waals surface area contributed by atoms with Crippen LogP contribution in [0, 0.1) is 0 Å². The molecular formula is C17H29N3O. The van der Waals surface area contributed by atoms with E-state index in [4.69, 9.17) is 5.11 Å². The number of hydrogen-bond donors (Lipinski definition) is 1. The summed E-state index contributed by atoms with van der Waals surface area (Å²) in [4.78, 5) is 7.05. The first kappa shape index (κ1) is 16.3. The Kier molecular flexibility index (Phi) is 6.49. The molecule has 0 bridgehead atoms. The zero-order valence-corrected chi connectivity index (χ0v) is 13.5. The van der Waals surface area contributed by atoms with E-state index in [1.54, 1.807) is 0 Å². The van der Waals surface area contributed by atoms with Crippen molar-refractivity contribution in [2.75, 3.05) is 64.9 Å². The Labute approximate surface area is 129 Å². The van der Waals surface area contributed by atoms with Gasteiger partial charge in [-0.3, -0.25) is 0 Å². The molecule has 0 amide bonds. The van der Waals surface area contributed by atoms with Crippen molar-refractivity contribution in [3.8, 4) is 0 Å². The van der Waals surface area contributed by atoms with E-state index in [-0.39, 0.29) is 6.61 Å². The Balaban J connectivity index is 1.71. The van der Waals surface area contributed by atoms with Crippen LogP contribution in [0.1, 0.15) is 12.0 Å². The summed E-state index contributed by atoms with van der Waals surface area (Å²) in [5.41, 5.74) is 2.58. The standard InChI is InChI=1S/C17H29N3O/c1-18-10-12-20(13-11-18)9-3-4-16-5-7-17(8-6-16)19(2)14-15-21/h5-8,21H,3-4,9-15H2,1-2H3.